The Kier molecular flexibility index (Phi) is 7.38. The van der Waals surface area contributed by atoms with E-state index in [0.29, 0.717) is 15.3 Å². The molecule has 1 aliphatic carbocycles. The highest BCUT2D eigenvalue weighted by atomic mass is 32.1. The maximum atomic E-state index is 13.6. The summed E-state index contributed by atoms with van der Waals surface area (Å²) in [6.07, 6.45) is -0.752. The third kappa shape index (κ3) is 5.56. The normalized spacial score (nSPS) is 15.8. The Bertz CT molecular complexity index is 979. The first kappa shape index (κ1) is 24.0. The number of carbonyl (C=O) groups is 3. The molecule has 3 rings (SSSR count). The first-order chi connectivity index (χ1) is 15.1. The van der Waals surface area contributed by atoms with Gasteiger partial charge in [-0.05, 0) is 63.1 Å². The highest BCUT2D eigenvalue weighted by Crippen LogP contribution is 2.36. The second kappa shape index (κ2) is 9.85. The van der Waals surface area contributed by atoms with E-state index in [9.17, 15) is 27.6 Å². The van der Waals surface area contributed by atoms with Crippen molar-refractivity contribution in [3.8, 4) is 0 Å². The summed E-state index contributed by atoms with van der Waals surface area (Å²) < 4.78 is 40.9. The fourth-order valence-corrected chi connectivity index (χ4v) is 4.85. The van der Waals surface area contributed by atoms with Crippen LogP contribution in [0.5, 0.6) is 0 Å². The van der Waals surface area contributed by atoms with Crippen LogP contribution in [0.25, 0.3) is 0 Å². The van der Waals surface area contributed by atoms with Gasteiger partial charge < -0.3 is 5.32 Å². The van der Waals surface area contributed by atoms with E-state index < -0.39 is 24.0 Å². The fraction of sp³-hybridized carbons (Fsp3) is 0.435. The third-order valence-electron chi connectivity index (χ3n) is 5.50. The third-order valence-corrected chi connectivity index (χ3v) is 6.56. The van der Waals surface area contributed by atoms with Gasteiger partial charge in [-0.25, -0.2) is 0 Å². The lowest BCUT2D eigenvalue weighted by Gasteiger charge is -2.33. The van der Waals surface area contributed by atoms with Gasteiger partial charge in [0.1, 0.15) is 0 Å². The van der Waals surface area contributed by atoms with Crippen molar-refractivity contribution < 1.29 is 27.6 Å². The molecule has 0 radical (unpaired) electrons. The summed E-state index contributed by atoms with van der Waals surface area (Å²) in [5.41, 5.74) is 0.190. The van der Waals surface area contributed by atoms with Gasteiger partial charge in [-0.1, -0.05) is 19.3 Å². The van der Waals surface area contributed by atoms with E-state index in [4.69, 9.17) is 0 Å². The molecule has 0 saturated heterocycles. The predicted octanol–water partition coefficient (Wildman–Crippen LogP) is 5.34. The number of rotatable bonds is 6. The molecule has 1 aromatic carbocycles. The van der Waals surface area contributed by atoms with E-state index in [1.165, 1.54) is 42.5 Å². The summed E-state index contributed by atoms with van der Waals surface area (Å²) in [5.74, 6) is -3.04. The minimum atomic E-state index is -5.19. The zero-order valence-electron chi connectivity index (χ0n) is 17.9. The Morgan fingerprint density at radius 2 is 1.66 bits per heavy atom. The molecule has 1 aromatic heterocycles. The highest BCUT2D eigenvalue weighted by molar-refractivity contribution is 7.12. The summed E-state index contributed by atoms with van der Waals surface area (Å²) in [6, 6.07) is 6.90. The van der Waals surface area contributed by atoms with Gasteiger partial charge in [0.2, 0.25) is 5.91 Å². The average Bonchev–Trinajstić information content (AvgIpc) is 3.17. The number of alkyl halides is 3. The molecule has 172 valence electrons. The van der Waals surface area contributed by atoms with Crippen LogP contribution in [-0.4, -0.2) is 29.8 Å². The molecule has 1 saturated carbocycles. The predicted molar refractivity (Wildman–Crippen MR) is 117 cm³/mol. The van der Waals surface area contributed by atoms with Crippen molar-refractivity contribution in [1.82, 2.24) is 5.32 Å². The Labute approximate surface area is 188 Å². The largest absolute Gasteiger partial charge is 0.471 e. The molecule has 0 aliphatic heterocycles. The molecule has 0 spiro atoms. The van der Waals surface area contributed by atoms with Gasteiger partial charge in [0.15, 0.2) is 11.8 Å². The lowest BCUT2D eigenvalue weighted by Crippen LogP contribution is -2.50. The number of thiophene rings is 1. The zero-order chi connectivity index (χ0) is 23.5. The van der Waals surface area contributed by atoms with Crippen LogP contribution in [0.2, 0.25) is 0 Å². The number of benzene rings is 1. The highest BCUT2D eigenvalue weighted by Gasteiger charge is 2.48. The quantitative estimate of drug-likeness (QED) is 0.584. The van der Waals surface area contributed by atoms with Gasteiger partial charge in [0.25, 0.3) is 0 Å². The van der Waals surface area contributed by atoms with E-state index in [-0.39, 0.29) is 17.5 Å². The molecule has 5 nitrogen and oxygen atoms in total. The number of Topliss-reactive ketones (excluding diaryl/α,β-unsaturated/α-hetero) is 1. The van der Waals surface area contributed by atoms with Crippen LogP contribution in [0.15, 0.2) is 36.4 Å². The van der Waals surface area contributed by atoms with Crippen LogP contribution in [0.4, 0.5) is 18.9 Å². The number of anilines is 1. The van der Waals surface area contributed by atoms with Crippen molar-refractivity contribution in [3.05, 3.63) is 51.7 Å². The minimum absolute atomic E-state index is 0.104. The smallest absolute Gasteiger partial charge is 0.351 e. The first-order valence-electron chi connectivity index (χ1n) is 10.5. The molecule has 2 amide bonds. The van der Waals surface area contributed by atoms with Crippen LogP contribution >= 0.6 is 11.3 Å². The molecule has 1 N–H and O–H groups in total. The molecule has 1 aliphatic rings. The summed E-state index contributed by atoms with van der Waals surface area (Å²) in [4.78, 5) is 39.1. The van der Waals surface area contributed by atoms with Crippen molar-refractivity contribution in [2.75, 3.05) is 4.90 Å². The summed E-state index contributed by atoms with van der Waals surface area (Å²) in [6.45, 7) is 3.12. The van der Waals surface area contributed by atoms with E-state index >= 15 is 0 Å². The van der Waals surface area contributed by atoms with Crippen molar-refractivity contribution in [2.24, 2.45) is 0 Å². The van der Waals surface area contributed by atoms with Gasteiger partial charge in [0.05, 0.1) is 0 Å². The van der Waals surface area contributed by atoms with Crippen molar-refractivity contribution in [2.45, 2.75) is 64.2 Å². The van der Waals surface area contributed by atoms with Crippen LogP contribution < -0.4 is 10.2 Å². The van der Waals surface area contributed by atoms with Crippen molar-refractivity contribution >= 4 is 34.6 Å². The molecule has 32 heavy (non-hydrogen) atoms. The maximum absolute atomic E-state index is 13.6. The molecular formula is C23H25F3N2O3S. The molecule has 1 fully saturated rings. The van der Waals surface area contributed by atoms with Gasteiger partial charge in [-0.15, -0.1) is 11.3 Å². The zero-order valence-corrected chi connectivity index (χ0v) is 18.7. The molecule has 9 heteroatoms. The van der Waals surface area contributed by atoms with Gasteiger partial charge in [-0.2, -0.15) is 13.2 Å². The summed E-state index contributed by atoms with van der Waals surface area (Å²) >= 11 is 1.17. The molecule has 1 heterocycles. The fourth-order valence-electron chi connectivity index (χ4n) is 3.88. The Hall–Kier alpha value is -2.68. The van der Waals surface area contributed by atoms with E-state index in [2.05, 4.69) is 5.32 Å². The average molecular weight is 467 g/mol. The minimum Gasteiger partial charge on any atom is -0.351 e. The van der Waals surface area contributed by atoms with Gasteiger partial charge in [0, 0.05) is 27.0 Å². The Balaban J connectivity index is 2.06. The number of ketones is 1. The summed E-state index contributed by atoms with van der Waals surface area (Å²) in [5, 5.41) is 2.87. The number of carbonyl (C=O) groups excluding carboxylic acids is 3. The standard InChI is InChI=1S/C23H25F3N2O3S/c1-14-8-13-19(32-14)20(21(30)27-17-6-4-3-5-7-17)28(22(31)23(24,25)26)18-11-9-16(10-12-18)15(2)29/h8-13,17,20H,3-7H2,1-2H3,(H,27,30)/t20-/m0/s1. The molecule has 0 unspecified atom stereocenters. The molecular weight excluding hydrogens is 441 g/mol. The van der Waals surface area contributed by atoms with Crippen LogP contribution in [-0.2, 0) is 9.59 Å². The van der Waals surface area contributed by atoms with Crippen molar-refractivity contribution in [1.29, 1.82) is 0 Å². The molecule has 2 aromatic rings. The number of aryl methyl sites for hydroxylation is 1. The van der Waals surface area contributed by atoms with Gasteiger partial charge >= 0.3 is 12.1 Å². The number of nitrogens with one attached hydrogen (secondary N) is 1. The first-order valence-corrected chi connectivity index (χ1v) is 11.3. The number of hydrogen-bond donors (Lipinski definition) is 1. The van der Waals surface area contributed by atoms with Crippen LogP contribution in [0.3, 0.4) is 0 Å². The van der Waals surface area contributed by atoms with E-state index in [0.717, 1.165) is 37.0 Å². The second-order valence-electron chi connectivity index (χ2n) is 7.97. The lowest BCUT2D eigenvalue weighted by molar-refractivity contribution is -0.171. The van der Waals surface area contributed by atoms with Crippen molar-refractivity contribution in [3.63, 3.8) is 0 Å². The molecule has 1 atom stereocenters. The number of halogens is 3. The Morgan fingerprint density at radius 1 is 1.03 bits per heavy atom. The Morgan fingerprint density at radius 3 is 2.16 bits per heavy atom. The monoisotopic (exact) mass is 466 g/mol. The van der Waals surface area contributed by atoms with Gasteiger partial charge in [-0.3, -0.25) is 19.3 Å². The number of hydrogen-bond acceptors (Lipinski definition) is 4. The second-order valence-corrected chi connectivity index (χ2v) is 9.29. The summed E-state index contributed by atoms with van der Waals surface area (Å²) in [7, 11) is 0. The molecule has 0 bridgehead atoms. The SMILES string of the molecule is CC(=O)c1ccc(N(C(=O)C(F)(F)F)[C@H](C(=O)NC2CCCCC2)c2ccc(C)s2)cc1. The topological polar surface area (TPSA) is 66.5 Å². The number of amides is 2. The van der Waals surface area contributed by atoms with Crippen LogP contribution in [0.1, 0.15) is 65.2 Å². The van der Waals surface area contributed by atoms with Crippen LogP contribution in [0, 0.1) is 6.92 Å². The lowest BCUT2D eigenvalue weighted by atomic mass is 9.95. The van der Waals surface area contributed by atoms with E-state index in [1.807, 2.05) is 0 Å². The van der Waals surface area contributed by atoms with E-state index in [1.54, 1.807) is 19.1 Å². The number of nitrogens with zero attached hydrogens (tertiary/aromatic N) is 1. The maximum Gasteiger partial charge on any atom is 0.471 e.